The molecule has 0 atom stereocenters. The van der Waals surface area contributed by atoms with Crippen molar-refractivity contribution in [1.82, 2.24) is 13.8 Å². The smallest absolute Gasteiger partial charge is 0.244 e. The standard InChI is InChI=1S/C14H26N4O2S/c1-14(2,3)17-5-7-18(8-6-17)21(19,20)13-9-12(10-15)16(4)11-13/h9,11H,5-8,10,15H2,1-4H3. The molecule has 0 saturated carbocycles. The number of piperazine rings is 1. The number of rotatable bonds is 3. The fraction of sp³-hybridized carbons (Fsp3) is 0.714. The maximum atomic E-state index is 12.7. The molecule has 1 aromatic heterocycles. The van der Waals surface area contributed by atoms with Gasteiger partial charge in [0.2, 0.25) is 10.0 Å². The van der Waals surface area contributed by atoms with Crippen LogP contribution in [-0.4, -0.2) is 53.9 Å². The van der Waals surface area contributed by atoms with Crippen molar-refractivity contribution in [2.24, 2.45) is 12.8 Å². The van der Waals surface area contributed by atoms with Crippen LogP contribution < -0.4 is 5.73 Å². The van der Waals surface area contributed by atoms with Crippen molar-refractivity contribution in [3.63, 3.8) is 0 Å². The van der Waals surface area contributed by atoms with Gasteiger partial charge >= 0.3 is 0 Å². The molecule has 1 aliphatic heterocycles. The van der Waals surface area contributed by atoms with Crippen LogP contribution in [0.5, 0.6) is 0 Å². The zero-order chi connectivity index (χ0) is 15.8. The van der Waals surface area contributed by atoms with Crippen LogP contribution in [0.2, 0.25) is 0 Å². The summed E-state index contributed by atoms with van der Waals surface area (Å²) in [5.41, 5.74) is 6.52. The minimum atomic E-state index is -3.41. The lowest BCUT2D eigenvalue weighted by molar-refractivity contribution is 0.0922. The van der Waals surface area contributed by atoms with Gasteiger partial charge in [-0.05, 0) is 26.8 Å². The molecule has 1 saturated heterocycles. The topological polar surface area (TPSA) is 71.6 Å². The minimum Gasteiger partial charge on any atom is -0.352 e. The third-order valence-electron chi connectivity index (χ3n) is 4.12. The Morgan fingerprint density at radius 1 is 1.19 bits per heavy atom. The van der Waals surface area contributed by atoms with Crippen LogP contribution in [0.15, 0.2) is 17.2 Å². The van der Waals surface area contributed by atoms with Crippen LogP contribution in [0.4, 0.5) is 0 Å². The summed E-state index contributed by atoms with van der Waals surface area (Å²) in [6.45, 7) is 9.40. The summed E-state index contributed by atoms with van der Waals surface area (Å²) in [5, 5.41) is 0. The average molecular weight is 314 g/mol. The molecule has 1 aliphatic rings. The fourth-order valence-corrected chi connectivity index (χ4v) is 4.19. The Hall–Kier alpha value is -0.890. The summed E-state index contributed by atoms with van der Waals surface area (Å²) in [6, 6.07) is 1.67. The van der Waals surface area contributed by atoms with Gasteiger partial charge in [-0.2, -0.15) is 4.31 Å². The summed E-state index contributed by atoms with van der Waals surface area (Å²) in [4.78, 5) is 2.66. The predicted molar refractivity (Wildman–Crippen MR) is 83.4 cm³/mol. The van der Waals surface area contributed by atoms with E-state index in [-0.39, 0.29) is 5.54 Å². The summed E-state index contributed by atoms with van der Waals surface area (Å²) >= 11 is 0. The van der Waals surface area contributed by atoms with Crippen molar-refractivity contribution in [3.05, 3.63) is 18.0 Å². The third-order valence-corrected chi connectivity index (χ3v) is 5.98. The lowest BCUT2D eigenvalue weighted by Crippen LogP contribution is -2.54. The van der Waals surface area contributed by atoms with Crippen molar-refractivity contribution in [2.75, 3.05) is 26.2 Å². The Morgan fingerprint density at radius 3 is 2.19 bits per heavy atom. The van der Waals surface area contributed by atoms with Gasteiger partial charge in [0.15, 0.2) is 0 Å². The Bertz CT molecular complexity index is 593. The van der Waals surface area contributed by atoms with Crippen molar-refractivity contribution in [3.8, 4) is 0 Å². The summed E-state index contributed by atoms with van der Waals surface area (Å²) in [5.74, 6) is 0. The first-order chi connectivity index (χ1) is 9.66. The molecule has 0 unspecified atom stereocenters. The highest BCUT2D eigenvalue weighted by Gasteiger charge is 2.32. The fourth-order valence-electron chi connectivity index (χ4n) is 2.67. The van der Waals surface area contributed by atoms with Gasteiger partial charge in [-0.3, -0.25) is 4.90 Å². The number of nitrogens with zero attached hydrogens (tertiary/aromatic N) is 3. The lowest BCUT2D eigenvalue weighted by Gasteiger charge is -2.41. The van der Waals surface area contributed by atoms with Crippen LogP contribution in [0.3, 0.4) is 0 Å². The van der Waals surface area contributed by atoms with Gasteiger partial charge in [0.1, 0.15) is 4.90 Å². The van der Waals surface area contributed by atoms with Crippen molar-refractivity contribution in [1.29, 1.82) is 0 Å². The number of nitrogens with two attached hydrogens (primary N) is 1. The first kappa shape index (κ1) is 16.5. The zero-order valence-corrected chi connectivity index (χ0v) is 14.2. The molecule has 2 N–H and O–H groups in total. The zero-order valence-electron chi connectivity index (χ0n) is 13.3. The van der Waals surface area contributed by atoms with Gasteiger partial charge in [-0.15, -0.1) is 0 Å². The highest BCUT2D eigenvalue weighted by molar-refractivity contribution is 7.89. The van der Waals surface area contributed by atoms with Crippen molar-refractivity contribution >= 4 is 10.0 Å². The molecule has 1 aromatic rings. The molecule has 21 heavy (non-hydrogen) atoms. The Balaban J connectivity index is 2.15. The van der Waals surface area contributed by atoms with E-state index in [9.17, 15) is 8.42 Å². The first-order valence-electron chi connectivity index (χ1n) is 7.27. The second-order valence-corrected chi connectivity index (χ2v) is 8.48. The van der Waals surface area contributed by atoms with Gasteiger partial charge in [-0.25, -0.2) is 8.42 Å². The van der Waals surface area contributed by atoms with Crippen LogP contribution in [0.1, 0.15) is 26.5 Å². The molecule has 0 bridgehead atoms. The van der Waals surface area contributed by atoms with Crippen molar-refractivity contribution < 1.29 is 8.42 Å². The predicted octanol–water partition coefficient (Wildman–Crippen LogP) is 0.589. The summed E-state index contributed by atoms with van der Waals surface area (Å²) in [7, 11) is -1.59. The minimum absolute atomic E-state index is 0.0787. The number of sulfonamides is 1. The van der Waals surface area contributed by atoms with E-state index >= 15 is 0 Å². The van der Waals surface area contributed by atoms with Crippen LogP contribution in [-0.2, 0) is 23.6 Å². The van der Waals surface area contributed by atoms with Gasteiger partial charge in [0.25, 0.3) is 0 Å². The van der Waals surface area contributed by atoms with Gasteiger partial charge in [0.05, 0.1) is 0 Å². The molecular weight excluding hydrogens is 288 g/mol. The molecule has 0 aromatic carbocycles. The number of aryl methyl sites for hydroxylation is 1. The van der Waals surface area contributed by atoms with Crippen LogP contribution in [0, 0.1) is 0 Å². The second kappa shape index (κ2) is 5.72. The normalized spacial score (nSPS) is 19.1. The van der Waals surface area contributed by atoms with E-state index in [2.05, 4.69) is 25.7 Å². The molecule has 2 heterocycles. The van der Waals surface area contributed by atoms with E-state index in [0.717, 1.165) is 18.8 Å². The van der Waals surface area contributed by atoms with E-state index in [1.54, 1.807) is 21.1 Å². The molecule has 1 fully saturated rings. The average Bonchev–Trinajstić information content (AvgIpc) is 2.80. The molecule has 0 spiro atoms. The van der Waals surface area contributed by atoms with Gasteiger partial charge < -0.3 is 10.3 Å². The summed E-state index contributed by atoms with van der Waals surface area (Å²) < 4.78 is 28.7. The van der Waals surface area contributed by atoms with E-state index < -0.39 is 10.0 Å². The maximum absolute atomic E-state index is 12.7. The van der Waals surface area contributed by atoms with E-state index in [0.29, 0.717) is 24.5 Å². The quantitative estimate of drug-likeness (QED) is 0.886. The second-order valence-electron chi connectivity index (χ2n) is 6.54. The monoisotopic (exact) mass is 314 g/mol. The molecule has 120 valence electrons. The van der Waals surface area contributed by atoms with Gasteiger partial charge in [-0.1, -0.05) is 0 Å². The molecule has 7 heteroatoms. The first-order valence-corrected chi connectivity index (χ1v) is 8.71. The number of hydrogen-bond acceptors (Lipinski definition) is 4. The third kappa shape index (κ3) is 3.31. The van der Waals surface area contributed by atoms with Crippen molar-refractivity contribution in [2.45, 2.75) is 37.8 Å². The van der Waals surface area contributed by atoms with Gasteiger partial charge in [0, 0.05) is 57.2 Å². The molecule has 0 amide bonds. The largest absolute Gasteiger partial charge is 0.352 e. The molecule has 2 rings (SSSR count). The maximum Gasteiger partial charge on any atom is 0.244 e. The molecular formula is C14H26N4O2S. The van der Waals surface area contributed by atoms with E-state index in [4.69, 9.17) is 5.73 Å². The summed E-state index contributed by atoms with van der Waals surface area (Å²) in [6.07, 6.45) is 1.65. The Morgan fingerprint density at radius 2 is 1.76 bits per heavy atom. The molecule has 6 nitrogen and oxygen atoms in total. The van der Waals surface area contributed by atoms with E-state index in [1.807, 2.05) is 7.05 Å². The van der Waals surface area contributed by atoms with Crippen LogP contribution >= 0.6 is 0 Å². The highest BCUT2D eigenvalue weighted by atomic mass is 32.2. The SMILES string of the molecule is Cn1cc(S(=O)(=O)N2CCN(C(C)(C)C)CC2)cc1CN. The number of hydrogen-bond donors (Lipinski definition) is 1. The Labute approximate surface area is 127 Å². The Kier molecular flexibility index (Phi) is 4.49. The highest BCUT2D eigenvalue weighted by Crippen LogP contribution is 2.22. The molecule has 0 aliphatic carbocycles. The lowest BCUT2D eigenvalue weighted by atomic mass is 10.1. The van der Waals surface area contributed by atoms with E-state index in [1.165, 1.54) is 0 Å². The van der Waals surface area contributed by atoms with Crippen LogP contribution in [0.25, 0.3) is 0 Å². The molecule has 0 radical (unpaired) electrons. The number of aromatic nitrogens is 1.